The molecule has 0 bridgehead atoms. The fraction of sp³-hybridized carbons (Fsp3) is 0.261. The first-order chi connectivity index (χ1) is 14.6. The van der Waals surface area contributed by atoms with Crippen molar-refractivity contribution < 1.29 is 24.2 Å². The molecule has 0 saturated carbocycles. The molecule has 0 unspecified atom stereocenters. The first-order valence-electron chi connectivity index (χ1n) is 9.60. The average Bonchev–Trinajstić information content (AvgIpc) is 3.03. The number of methoxy groups -OCH3 is 1. The van der Waals surface area contributed by atoms with Gasteiger partial charge in [0.25, 0.3) is 11.7 Å². The second-order valence-electron chi connectivity index (χ2n) is 6.74. The van der Waals surface area contributed by atoms with E-state index in [4.69, 9.17) is 9.47 Å². The number of ether oxygens (including phenoxy) is 2. The van der Waals surface area contributed by atoms with Crippen LogP contribution in [0.25, 0.3) is 5.76 Å². The fourth-order valence-corrected chi connectivity index (χ4v) is 3.40. The molecule has 1 atom stereocenters. The summed E-state index contributed by atoms with van der Waals surface area (Å²) >= 11 is 0. The molecule has 1 aliphatic rings. The quantitative estimate of drug-likeness (QED) is 0.225. The predicted octanol–water partition coefficient (Wildman–Crippen LogP) is 3.10. The van der Waals surface area contributed by atoms with E-state index in [0.29, 0.717) is 43.1 Å². The van der Waals surface area contributed by atoms with Gasteiger partial charge in [-0.1, -0.05) is 12.7 Å². The van der Waals surface area contributed by atoms with Gasteiger partial charge in [0.1, 0.15) is 18.1 Å². The van der Waals surface area contributed by atoms with Gasteiger partial charge in [0.2, 0.25) is 0 Å². The third-order valence-electron chi connectivity index (χ3n) is 4.80. The van der Waals surface area contributed by atoms with E-state index in [-0.39, 0.29) is 11.3 Å². The molecule has 7 heteroatoms. The summed E-state index contributed by atoms with van der Waals surface area (Å²) in [5, 5.41) is 11.0. The zero-order chi connectivity index (χ0) is 21.5. The number of carbonyl (C=O) groups excluding carboxylic acids is 2. The number of aromatic nitrogens is 1. The molecule has 2 aromatic rings. The Labute approximate surface area is 175 Å². The minimum absolute atomic E-state index is 0.0587. The molecule has 1 aromatic carbocycles. The predicted molar refractivity (Wildman–Crippen MR) is 112 cm³/mol. The molecular weight excluding hydrogens is 384 g/mol. The Morgan fingerprint density at radius 2 is 1.90 bits per heavy atom. The number of nitrogens with zero attached hydrogens (tertiary/aromatic N) is 2. The summed E-state index contributed by atoms with van der Waals surface area (Å²) in [4.78, 5) is 31.1. The summed E-state index contributed by atoms with van der Waals surface area (Å²) in [7, 11) is 1.58. The Hall–Kier alpha value is -3.45. The van der Waals surface area contributed by atoms with Gasteiger partial charge in [-0.2, -0.15) is 0 Å². The molecular formula is C23H24N2O5. The number of pyridine rings is 1. The molecule has 156 valence electrons. The maximum Gasteiger partial charge on any atom is 0.295 e. The van der Waals surface area contributed by atoms with E-state index in [1.165, 1.54) is 4.90 Å². The minimum atomic E-state index is -0.710. The Morgan fingerprint density at radius 3 is 2.53 bits per heavy atom. The number of aliphatic hydroxyl groups is 1. The molecule has 0 radical (unpaired) electrons. The zero-order valence-electron chi connectivity index (χ0n) is 16.8. The van der Waals surface area contributed by atoms with E-state index in [0.717, 1.165) is 0 Å². The Morgan fingerprint density at radius 1 is 1.20 bits per heavy atom. The number of amides is 1. The molecule has 3 rings (SSSR count). The van der Waals surface area contributed by atoms with Crippen molar-refractivity contribution in [1.29, 1.82) is 0 Å². The van der Waals surface area contributed by atoms with Gasteiger partial charge in [-0.05, 0) is 48.4 Å². The van der Waals surface area contributed by atoms with Gasteiger partial charge < -0.3 is 19.5 Å². The van der Waals surface area contributed by atoms with Crippen LogP contribution in [0.4, 0.5) is 0 Å². The summed E-state index contributed by atoms with van der Waals surface area (Å²) in [5.74, 6) is -0.962. The summed E-state index contributed by atoms with van der Waals surface area (Å²) < 4.78 is 10.5. The highest BCUT2D eigenvalue weighted by atomic mass is 16.5. The molecule has 7 nitrogen and oxygen atoms in total. The first kappa shape index (κ1) is 21.3. The summed E-state index contributed by atoms with van der Waals surface area (Å²) in [6.45, 7) is 4.75. The van der Waals surface area contributed by atoms with Crippen molar-refractivity contribution in [2.24, 2.45) is 0 Å². The van der Waals surface area contributed by atoms with Crippen LogP contribution in [0.2, 0.25) is 0 Å². The number of ketones is 1. The van der Waals surface area contributed by atoms with E-state index in [1.54, 1.807) is 62.0 Å². The molecule has 1 saturated heterocycles. The smallest absolute Gasteiger partial charge is 0.295 e. The van der Waals surface area contributed by atoms with Crippen molar-refractivity contribution in [1.82, 2.24) is 9.88 Å². The Kier molecular flexibility index (Phi) is 6.98. The monoisotopic (exact) mass is 408 g/mol. The lowest BCUT2D eigenvalue weighted by molar-refractivity contribution is -0.140. The third kappa shape index (κ3) is 4.41. The number of carbonyl (C=O) groups is 2. The fourth-order valence-electron chi connectivity index (χ4n) is 3.40. The highest BCUT2D eigenvalue weighted by Gasteiger charge is 2.45. The number of rotatable bonds is 9. The lowest BCUT2D eigenvalue weighted by Crippen LogP contribution is -2.31. The van der Waals surface area contributed by atoms with E-state index >= 15 is 0 Å². The van der Waals surface area contributed by atoms with Gasteiger partial charge >= 0.3 is 0 Å². The van der Waals surface area contributed by atoms with E-state index in [1.807, 2.05) is 0 Å². The van der Waals surface area contributed by atoms with E-state index in [9.17, 15) is 14.7 Å². The van der Waals surface area contributed by atoms with Crippen LogP contribution in [0.15, 0.2) is 67.0 Å². The van der Waals surface area contributed by atoms with Crippen LogP contribution in [0.5, 0.6) is 5.75 Å². The van der Waals surface area contributed by atoms with E-state index in [2.05, 4.69) is 11.6 Å². The number of Topliss-reactive ketones (excluding diaryl/α,β-unsaturated/α-hetero) is 1. The molecule has 0 spiro atoms. The normalized spacial score (nSPS) is 17.9. The Balaban J connectivity index is 2.01. The van der Waals surface area contributed by atoms with Crippen LogP contribution in [0, 0.1) is 0 Å². The van der Waals surface area contributed by atoms with Gasteiger partial charge in [-0.3, -0.25) is 14.6 Å². The highest BCUT2D eigenvalue weighted by molar-refractivity contribution is 6.46. The first-order valence-corrected chi connectivity index (χ1v) is 9.60. The molecule has 30 heavy (non-hydrogen) atoms. The lowest BCUT2D eigenvalue weighted by atomic mass is 9.96. The molecule has 1 amide bonds. The van der Waals surface area contributed by atoms with Crippen molar-refractivity contribution in [2.45, 2.75) is 12.5 Å². The molecule has 1 fully saturated rings. The molecule has 0 aliphatic carbocycles. The van der Waals surface area contributed by atoms with Crippen LogP contribution in [0.1, 0.15) is 23.6 Å². The van der Waals surface area contributed by atoms with Crippen LogP contribution < -0.4 is 4.74 Å². The second-order valence-corrected chi connectivity index (χ2v) is 6.74. The van der Waals surface area contributed by atoms with Gasteiger partial charge in [-0.25, -0.2) is 0 Å². The Bertz CT molecular complexity index is 938. The SMILES string of the molecule is C=CCOc1ccc(/C(O)=C2/C(=O)C(=O)N(CCCOC)[C@@H]2c2ccncc2)cc1. The molecule has 2 heterocycles. The topological polar surface area (TPSA) is 89.0 Å². The van der Waals surface area contributed by atoms with Crippen LogP contribution >= 0.6 is 0 Å². The van der Waals surface area contributed by atoms with Crippen molar-refractivity contribution in [3.8, 4) is 5.75 Å². The number of aliphatic hydroxyl groups excluding tert-OH is 1. The summed E-state index contributed by atoms with van der Waals surface area (Å²) in [6, 6.07) is 9.45. The maximum atomic E-state index is 12.9. The van der Waals surface area contributed by atoms with Crippen LogP contribution in [-0.2, 0) is 14.3 Å². The van der Waals surface area contributed by atoms with Crippen molar-refractivity contribution in [3.63, 3.8) is 0 Å². The number of hydrogen-bond acceptors (Lipinski definition) is 6. The summed E-state index contributed by atoms with van der Waals surface area (Å²) in [6.07, 6.45) is 5.39. The van der Waals surface area contributed by atoms with Crippen LogP contribution in [-0.4, -0.2) is 53.5 Å². The third-order valence-corrected chi connectivity index (χ3v) is 4.80. The molecule has 1 aliphatic heterocycles. The van der Waals surface area contributed by atoms with Crippen molar-refractivity contribution >= 4 is 17.4 Å². The lowest BCUT2D eigenvalue weighted by Gasteiger charge is -2.25. The zero-order valence-corrected chi connectivity index (χ0v) is 16.8. The van der Waals surface area contributed by atoms with Gasteiger partial charge in [-0.15, -0.1) is 0 Å². The minimum Gasteiger partial charge on any atom is -0.507 e. The second kappa shape index (κ2) is 9.84. The molecule has 1 aromatic heterocycles. The average molecular weight is 408 g/mol. The summed E-state index contributed by atoms with van der Waals surface area (Å²) in [5.41, 5.74) is 1.19. The van der Waals surface area contributed by atoms with Crippen molar-refractivity contribution in [2.75, 3.05) is 26.9 Å². The van der Waals surface area contributed by atoms with Gasteiger partial charge in [0.05, 0.1) is 11.6 Å². The van der Waals surface area contributed by atoms with Gasteiger partial charge in [0, 0.05) is 38.2 Å². The number of hydrogen-bond donors (Lipinski definition) is 1. The van der Waals surface area contributed by atoms with Crippen molar-refractivity contribution in [3.05, 3.63) is 78.1 Å². The van der Waals surface area contributed by atoms with E-state index < -0.39 is 17.7 Å². The standard InChI is InChI=1S/C23H24N2O5/c1-3-14-30-18-7-5-17(6-8-18)21(26)19-20(16-9-11-24-12-10-16)25(13-4-15-29-2)23(28)22(19)27/h3,5-12,20,26H,1,4,13-15H2,2H3/b21-19-/t20-/m1/s1. The van der Waals surface area contributed by atoms with Gasteiger partial charge in [0.15, 0.2) is 0 Å². The largest absolute Gasteiger partial charge is 0.507 e. The molecule has 1 N–H and O–H groups in total. The number of likely N-dealkylation sites (tertiary alicyclic amines) is 1. The van der Waals surface area contributed by atoms with Crippen LogP contribution in [0.3, 0.4) is 0 Å². The highest BCUT2D eigenvalue weighted by Crippen LogP contribution is 2.39. The number of benzene rings is 1. The maximum absolute atomic E-state index is 12.9.